The molecular weight excluding hydrogens is 535 g/mol. The van der Waals surface area contributed by atoms with Crippen LogP contribution in [0.15, 0.2) is 71.6 Å². The van der Waals surface area contributed by atoms with E-state index in [4.69, 9.17) is 32.7 Å². The fourth-order valence-electron chi connectivity index (χ4n) is 3.45. The average molecular weight is 557 g/mol. The lowest BCUT2D eigenvalue weighted by atomic mass is 10.1. The molecule has 0 unspecified atom stereocenters. The summed E-state index contributed by atoms with van der Waals surface area (Å²) in [6.45, 7) is 2.09. The molecule has 0 radical (unpaired) electrons. The van der Waals surface area contributed by atoms with Gasteiger partial charge >= 0.3 is 0 Å². The second-order valence-electron chi connectivity index (χ2n) is 7.85. The maximum atomic E-state index is 12.9. The molecule has 1 heterocycles. The highest BCUT2D eigenvalue weighted by atomic mass is 35.5. The van der Waals surface area contributed by atoms with Gasteiger partial charge in [0.15, 0.2) is 18.1 Å². The predicted octanol–water partition coefficient (Wildman–Crippen LogP) is 6.65. The molecule has 4 rings (SSSR count). The number of anilines is 1. The van der Waals surface area contributed by atoms with Gasteiger partial charge in [-0.1, -0.05) is 53.5 Å². The third kappa shape index (κ3) is 6.85. The highest BCUT2D eigenvalue weighted by Gasteiger charge is 2.35. The van der Waals surface area contributed by atoms with Gasteiger partial charge in [0, 0.05) is 5.02 Å². The monoisotopic (exact) mass is 556 g/mol. The molecule has 190 valence electrons. The zero-order valence-electron chi connectivity index (χ0n) is 19.7. The van der Waals surface area contributed by atoms with E-state index in [1.165, 1.54) is 4.90 Å². The first-order chi connectivity index (χ1) is 17.8. The number of thioether (sulfide) groups is 1. The van der Waals surface area contributed by atoms with Gasteiger partial charge in [-0.2, -0.15) is 0 Å². The van der Waals surface area contributed by atoms with Crippen LogP contribution in [0.3, 0.4) is 0 Å². The molecule has 1 saturated heterocycles. The summed E-state index contributed by atoms with van der Waals surface area (Å²) in [7, 11) is 0. The Balaban J connectivity index is 1.44. The minimum Gasteiger partial charge on any atom is -0.490 e. The molecule has 7 nitrogen and oxygen atoms in total. The van der Waals surface area contributed by atoms with Crippen molar-refractivity contribution in [3.63, 3.8) is 0 Å². The molecular formula is C27H22Cl2N2O5S. The van der Waals surface area contributed by atoms with Crippen molar-refractivity contribution in [1.82, 2.24) is 4.90 Å². The van der Waals surface area contributed by atoms with Crippen LogP contribution in [-0.4, -0.2) is 35.2 Å². The SMILES string of the molecule is CCOc1cc(/C=C2\SC(=O)N(Cc3ccc(Cl)cc3)C2=O)ccc1OCC(=O)Nc1ccccc1Cl. The first kappa shape index (κ1) is 26.6. The first-order valence-electron chi connectivity index (χ1n) is 11.3. The Morgan fingerprint density at radius 2 is 1.76 bits per heavy atom. The van der Waals surface area contributed by atoms with Gasteiger partial charge in [-0.3, -0.25) is 19.3 Å². The van der Waals surface area contributed by atoms with Crippen LogP contribution in [0.25, 0.3) is 6.08 Å². The van der Waals surface area contributed by atoms with Crippen molar-refractivity contribution in [3.05, 3.63) is 92.8 Å². The normalized spacial score (nSPS) is 14.2. The number of hydrogen-bond donors (Lipinski definition) is 1. The highest BCUT2D eigenvalue weighted by molar-refractivity contribution is 8.18. The van der Waals surface area contributed by atoms with Gasteiger partial charge in [-0.05, 0) is 72.3 Å². The van der Waals surface area contributed by atoms with E-state index in [2.05, 4.69) is 5.32 Å². The summed E-state index contributed by atoms with van der Waals surface area (Å²) in [5, 5.41) is 3.35. The molecule has 0 spiro atoms. The molecule has 3 aromatic rings. The van der Waals surface area contributed by atoms with E-state index < -0.39 is 0 Å². The quantitative estimate of drug-likeness (QED) is 0.297. The third-order valence-corrected chi connectivity index (χ3v) is 6.69. The Hall–Kier alpha value is -3.46. The van der Waals surface area contributed by atoms with Gasteiger partial charge in [-0.15, -0.1) is 0 Å². The summed E-state index contributed by atoms with van der Waals surface area (Å²) in [6, 6.07) is 18.9. The van der Waals surface area contributed by atoms with Crippen LogP contribution < -0.4 is 14.8 Å². The number of nitrogens with zero attached hydrogens (tertiary/aromatic N) is 1. The van der Waals surface area contributed by atoms with Gasteiger partial charge in [0.25, 0.3) is 17.1 Å². The number of benzene rings is 3. The summed E-state index contributed by atoms with van der Waals surface area (Å²) >= 11 is 12.9. The number of nitrogens with one attached hydrogen (secondary N) is 1. The molecule has 1 aliphatic rings. The number of amides is 3. The van der Waals surface area contributed by atoms with Crippen LogP contribution in [0, 0.1) is 0 Å². The van der Waals surface area contributed by atoms with Crippen molar-refractivity contribution < 1.29 is 23.9 Å². The fourth-order valence-corrected chi connectivity index (χ4v) is 4.60. The molecule has 0 atom stereocenters. The lowest BCUT2D eigenvalue weighted by Crippen LogP contribution is -2.27. The molecule has 1 N–H and O–H groups in total. The number of carbonyl (C=O) groups excluding carboxylic acids is 3. The van der Waals surface area contributed by atoms with Crippen molar-refractivity contribution in [1.29, 1.82) is 0 Å². The molecule has 10 heteroatoms. The van der Waals surface area contributed by atoms with E-state index in [0.29, 0.717) is 44.3 Å². The van der Waals surface area contributed by atoms with E-state index in [1.54, 1.807) is 72.8 Å². The molecule has 1 fully saturated rings. The van der Waals surface area contributed by atoms with Gasteiger partial charge in [0.2, 0.25) is 0 Å². The molecule has 37 heavy (non-hydrogen) atoms. The van der Waals surface area contributed by atoms with Crippen LogP contribution in [-0.2, 0) is 16.1 Å². The minimum absolute atomic E-state index is 0.159. The van der Waals surface area contributed by atoms with Crippen molar-refractivity contribution in [2.45, 2.75) is 13.5 Å². The van der Waals surface area contributed by atoms with Gasteiger partial charge < -0.3 is 14.8 Å². The molecule has 3 aromatic carbocycles. The lowest BCUT2D eigenvalue weighted by molar-refractivity contribution is -0.123. The van der Waals surface area contributed by atoms with Crippen LogP contribution in [0.2, 0.25) is 10.0 Å². The molecule has 0 aromatic heterocycles. The number of hydrogen-bond acceptors (Lipinski definition) is 6. The average Bonchev–Trinajstić information content (AvgIpc) is 3.13. The van der Waals surface area contributed by atoms with E-state index in [1.807, 2.05) is 6.92 Å². The fraction of sp³-hybridized carbons (Fsp3) is 0.148. The van der Waals surface area contributed by atoms with Crippen molar-refractivity contribution in [2.75, 3.05) is 18.5 Å². The largest absolute Gasteiger partial charge is 0.490 e. The van der Waals surface area contributed by atoms with E-state index in [9.17, 15) is 14.4 Å². The van der Waals surface area contributed by atoms with Gasteiger partial charge in [0.05, 0.1) is 28.8 Å². The molecule has 1 aliphatic heterocycles. The number of para-hydroxylation sites is 1. The van der Waals surface area contributed by atoms with Crippen LogP contribution >= 0.6 is 35.0 Å². The Morgan fingerprint density at radius 3 is 2.49 bits per heavy atom. The summed E-state index contributed by atoms with van der Waals surface area (Å²) in [6.07, 6.45) is 1.63. The van der Waals surface area contributed by atoms with Crippen molar-refractivity contribution in [3.8, 4) is 11.5 Å². The zero-order chi connectivity index (χ0) is 26.4. The first-order valence-corrected chi connectivity index (χ1v) is 12.8. The second-order valence-corrected chi connectivity index (χ2v) is 9.69. The Bertz CT molecular complexity index is 1360. The third-order valence-electron chi connectivity index (χ3n) is 5.20. The summed E-state index contributed by atoms with van der Waals surface area (Å²) in [5.41, 5.74) is 1.93. The van der Waals surface area contributed by atoms with Crippen LogP contribution in [0.5, 0.6) is 11.5 Å². The summed E-state index contributed by atoms with van der Waals surface area (Å²) < 4.78 is 11.4. The number of carbonyl (C=O) groups is 3. The summed E-state index contributed by atoms with van der Waals surface area (Å²) in [4.78, 5) is 39.2. The van der Waals surface area contributed by atoms with E-state index in [-0.39, 0.29) is 30.2 Å². The maximum Gasteiger partial charge on any atom is 0.293 e. The molecule has 3 amide bonds. The van der Waals surface area contributed by atoms with E-state index >= 15 is 0 Å². The van der Waals surface area contributed by atoms with E-state index in [0.717, 1.165) is 17.3 Å². The van der Waals surface area contributed by atoms with Gasteiger partial charge in [-0.25, -0.2) is 0 Å². The highest BCUT2D eigenvalue weighted by Crippen LogP contribution is 2.35. The standard InChI is InChI=1S/C27H22Cl2N2O5S/c1-2-35-23-13-18(9-12-22(23)36-16-25(32)30-21-6-4-3-5-20(21)29)14-24-26(33)31(27(34)37-24)15-17-7-10-19(28)11-8-17/h3-14H,2,15-16H2,1H3,(H,30,32)/b24-14-. The molecule has 0 bridgehead atoms. The number of ether oxygens (including phenoxy) is 2. The lowest BCUT2D eigenvalue weighted by Gasteiger charge is -2.13. The smallest absolute Gasteiger partial charge is 0.293 e. The summed E-state index contributed by atoms with van der Waals surface area (Å²) in [5.74, 6) is 0.0137. The zero-order valence-corrected chi connectivity index (χ0v) is 22.0. The van der Waals surface area contributed by atoms with Crippen molar-refractivity contribution in [2.24, 2.45) is 0 Å². The number of halogens is 2. The van der Waals surface area contributed by atoms with Crippen LogP contribution in [0.4, 0.5) is 10.5 Å². The second kappa shape index (κ2) is 12.2. The number of imide groups is 1. The Kier molecular flexibility index (Phi) is 8.76. The Labute approximate surface area is 228 Å². The van der Waals surface area contributed by atoms with Crippen LogP contribution in [0.1, 0.15) is 18.1 Å². The molecule has 0 saturated carbocycles. The Morgan fingerprint density at radius 1 is 1.00 bits per heavy atom. The predicted molar refractivity (Wildman–Crippen MR) is 146 cm³/mol. The van der Waals surface area contributed by atoms with Crippen molar-refractivity contribution >= 4 is 63.8 Å². The topological polar surface area (TPSA) is 84.9 Å². The van der Waals surface area contributed by atoms with Gasteiger partial charge in [0.1, 0.15) is 0 Å². The molecule has 0 aliphatic carbocycles. The number of rotatable bonds is 9. The minimum atomic E-state index is -0.381. The maximum absolute atomic E-state index is 12.9.